The summed E-state index contributed by atoms with van der Waals surface area (Å²) in [6.45, 7) is 0. The van der Waals surface area contributed by atoms with Crippen LogP contribution >= 0.6 is 0 Å². The third-order valence-corrected chi connectivity index (χ3v) is 9.15. The molecule has 2 aliphatic rings. The number of amidine groups is 2. The van der Waals surface area contributed by atoms with Crippen molar-refractivity contribution in [3.63, 3.8) is 0 Å². The third kappa shape index (κ3) is 5.41. The van der Waals surface area contributed by atoms with Gasteiger partial charge in [-0.25, -0.2) is 0 Å². The zero-order valence-electron chi connectivity index (χ0n) is 26.7. The Morgan fingerprint density at radius 3 is 1.22 bits per heavy atom. The van der Waals surface area contributed by atoms with Crippen LogP contribution in [0.4, 0.5) is 11.4 Å². The summed E-state index contributed by atoms with van der Waals surface area (Å²) in [5.41, 5.74) is 8.16. The molecule has 49 heavy (non-hydrogen) atoms. The predicted octanol–water partition coefficient (Wildman–Crippen LogP) is 10.6. The van der Waals surface area contributed by atoms with Crippen LogP contribution in [0.5, 0.6) is 0 Å². The van der Waals surface area contributed by atoms with Gasteiger partial charge in [-0.05, 0) is 59.7 Å². The topological polar surface area (TPSA) is 44.3 Å². The molecule has 2 aliphatic heterocycles. The average Bonchev–Trinajstić information content (AvgIpc) is 3.56. The van der Waals surface area contributed by atoms with Crippen LogP contribution < -0.4 is 9.80 Å². The molecule has 6 aromatic carbocycles. The molecule has 5 heteroatoms. The molecule has 0 amide bonds. The van der Waals surface area contributed by atoms with E-state index in [9.17, 15) is 0 Å². The van der Waals surface area contributed by atoms with Gasteiger partial charge in [0.15, 0.2) is 0 Å². The standard InChI is InChI=1S/C44H32N4O/c1-5-13-31(14-6-1)39-25-27-47(43(45-39)33-17-9-3-10-18-33)35-21-23-41-37(29-35)38-30-36(22-24-42(38)49-41)48-28-26-40(32-15-7-2-8-16-32)46-44(48)34-19-11-4-12-20-34/h1-30,39-40H. The molecular formula is C44H32N4O. The van der Waals surface area contributed by atoms with E-state index >= 15 is 0 Å². The van der Waals surface area contributed by atoms with Gasteiger partial charge < -0.3 is 14.2 Å². The lowest BCUT2D eigenvalue weighted by Gasteiger charge is -2.28. The van der Waals surface area contributed by atoms with E-state index in [4.69, 9.17) is 14.4 Å². The quantitative estimate of drug-likeness (QED) is 0.183. The number of fused-ring (bicyclic) bond motifs is 3. The van der Waals surface area contributed by atoms with Crippen molar-refractivity contribution in [2.75, 3.05) is 9.80 Å². The molecule has 3 heterocycles. The summed E-state index contributed by atoms with van der Waals surface area (Å²) in [5.74, 6) is 1.81. The van der Waals surface area contributed by atoms with Crippen molar-refractivity contribution in [1.82, 2.24) is 0 Å². The van der Waals surface area contributed by atoms with E-state index in [0.29, 0.717) is 0 Å². The number of furan rings is 1. The highest BCUT2D eigenvalue weighted by atomic mass is 16.3. The van der Waals surface area contributed by atoms with Gasteiger partial charge in [0.1, 0.15) is 22.8 Å². The van der Waals surface area contributed by atoms with Crippen molar-refractivity contribution in [2.45, 2.75) is 12.1 Å². The van der Waals surface area contributed by atoms with Crippen molar-refractivity contribution >= 4 is 45.0 Å². The normalized spacial score (nSPS) is 17.4. The van der Waals surface area contributed by atoms with Crippen LogP contribution in [0.25, 0.3) is 21.9 Å². The lowest BCUT2D eigenvalue weighted by atomic mass is 10.0. The maximum absolute atomic E-state index is 6.38. The first kappa shape index (κ1) is 28.7. The Morgan fingerprint density at radius 1 is 0.429 bits per heavy atom. The fourth-order valence-corrected chi connectivity index (χ4v) is 6.69. The molecule has 7 aromatic rings. The molecule has 234 valence electrons. The number of rotatable bonds is 6. The smallest absolute Gasteiger partial charge is 0.140 e. The SMILES string of the molecule is C1=CN(c2ccc3oc4ccc(N5C=CC(c6ccccc6)N=C5c5ccccc5)cc4c3c2)C(c2ccccc2)=NC1c1ccccc1. The Morgan fingerprint density at radius 2 is 0.816 bits per heavy atom. The molecule has 2 unspecified atom stereocenters. The fraction of sp³-hybridized carbons (Fsp3) is 0.0455. The molecule has 0 bridgehead atoms. The van der Waals surface area contributed by atoms with Crippen LogP contribution in [0.2, 0.25) is 0 Å². The van der Waals surface area contributed by atoms with E-state index in [1.807, 2.05) is 24.3 Å². The Labute approximate surface area is 285 Å². The molecule has 0 aliphatic carbocycles. The number of benzene rings is 6. The van der Waals surface area contributed by atoms with Crippen molar-refractivity contribution in [3.05, 3.63) is 205 Å². The number of hydrogen-bond acceptors (Lipinski definition) is 5. The molecule has 0 saturated carbocycles. The number of nitrogens with zero attached hydrogens (tertiary/aromatic N) is 4. The minimum absolute atomic E-state index is 0.0618. The Kier molecular flexibility index (Phi) is 7.21. The Bertz CT molecular complexity index is 2220. The molecule has 9 rings (SSSR count). The molecule has 0 spiro atoms. The maximum Gasteiger partial charge on any atom is 0.140 e. The van der Waals surface area contributed by atoms with Crippen molar-refractivity contribution < 1.29 is 4.42 Å². The summed E-state index contributed by atoms with van der Waals surface area (Å²) in [6, 6.07) is 54.3. The van der Waals surface area contributed by atoms with E-state index in [-0.39, 0.29) is 12.1 Å². The average molecular weight is 633 g/mol. The predicted molar refractivity (Wildman–Crippen MR) is 201 cm³/mol. The van der Waals surface area contributed by atoms with Crippen LogP contribution in [0.15, 0.2) is 197 Å². The summed E-state index contributed by atoms with van der Waals surface area (Å²) in [5, 5.41) is 2.09. The first-order chi connectivity index (χ1) is 24.3. The van der Waals surface area contributed by atoms with Gasteiger partial charge in [0.2, 0.25) is 0 Å². The second kappa shape index (κ2) is 12.3. The summed E-state index contributed by atoms with van der Waals surface area (Å²) in [4.78, 5) is 14.9. The summed E-state index contributed by atoms with van der Waals surface area (Å²) < 4.78 is 6.38. The van der Waals surface area contributed by atoms with Gasteiger partial charge in [-0.2, -0.15) is 0 Å². The van der Waals surface area contributed by atoms with Gasteiger partial charge in [-0.3, -0.25) is 9.98 Å². The van der Waals surface area contributed by atoms with Gasteiger partial charge in [-0.15, -0.1) is 0 Å². The van der Waals surface area contributed by atoms with Gasteiger partial charge in [-0.1, -0.05) is 121 Å². The van der Waals surface area contributed by atoms with E-state index in [0.717, 1.165) is 67.2 Å². The van der Waals surface area contributed by atoms with Crippen LogP contribution in [-0.2, 0) is 0 Å². The van der Waals surface area contributed by atoms with Crippen LogP contribution in [0.1, 0.15) is 34.3 Å². The van der Waals surface area contributed by atoms with Gasteiger partial charge in [0.05, 0.1) is 12.1 Å². The second-order valence-corrected chi connectivity index (χ2v) is 12.2. The first-order valence-electron chi connectivity index (χ1n) is 16.6. The molecule has 5 nitrogen and oxygen atoms in total. The maximum atomic E-state index is 6.38. The third-order valence-electron chi connectivity index (χ3n) is 9.15. The van der Waals surface area contributed by atoms with E-state index in [2.05, 4.69) is 168 Å². The molecule has 0 fully saturated rings. The molecule has 0 radical (unpaired) electrons. The Balaban J connectivity index is 1.12. The minimum atomic E-state index is -0.0618. The zero-order valence-corrected chi connectivity index (χ0v) is 26.7. The Hall–Kier alpha value is -6.46. The lowest BCUT2D eigenvalue weighted by Crippen LogP contribution is -2.29. The molecule has 1 aromatic heterocycles. The largest absolute Gasteiger partial charge is 0.456 e. The minimum Gasteiger partial charge on any atom is -0.456 e. The van der Waals surface area contributed by atoms with Gasteiger partial charge in [0, 0.05) is 45.7 Å². The molecule has 2 atom stereocenters. The van der Waals surface area contributed by atoms with Crippen LogP contribution in [0, 0.1) is 0 Å². The highest BCUT2D eigenvalue weighted by molar-refractivity contribution is 6.15. The van der Waals surface area contributed by atoms with E-state index < -0.39 is 0 Å². The first-order valence-corrected chi connectivity index (χ1v) is 16.6. The summed E-state index contributed by atoms with van der Waals surface area (Å²) in [6.07, 6.45) is 8.61. The molecule has 0 N–H and O–H groups in total. The number of anilines is 2. The number of hydrogen-bond donors (Lipinski definition) is 0. The van der Waals surface area contributed by atoms with Gasteiger partial charge in [0.25, 0.3) is 0 Å². The number of aliphatic imine (C=N–C) groups is 2. The molecule has 0 saturated heterocycles. The van der Waals surface area contributed by atoms with Crippen molar-refractivity contribution in [1.29, 1.82) is 0 Å². The summed E-state index contributed by atoms with van der Waals surface area (Å²) in [7, 11) is 0. The monoisotopic (exact) mass is 632 g/mol. The van der Waals surface area contributed by atoms with E-state index in [1.54, 1.807) is 0 Å². The highest BCUT2D eigenvalue weighted by Gasteiger charge is 2.24. The summed E-state index contributed by atoms with van der Waals surface area (Å²) >= 11 is 0. The van der Waals surface area contributed by atoms with Crippen LogP contribution in [0.3, 0.4) is 0 Å². The highest BCUT2D eigenvalue weighted by Crippen LogP contribution is 2.37. The van der Waals surface area contributed by atoms with E-state index in [1.165, 1.54) is 0 Å². The second-order valence-electron chi connectivity index (χ2n) is 12.2. The van der Waals surface area contributed by atoms with Gasteiger partial charge >= 0.3 is 0 Å². The lowest BCUT2D eigenvalue weighted by molar-refractivity contribution is 0.669. The zero-order chi connectivity index (χ0) is 32.6. The molecular weight excluding hydrogens is 601 g/mol. The van der Waals surface area contributed by atoms with Crippen LogP contribution in [-0.4, -0.2) is 11.7 Å². The van der Waals surface area contributed by atoms with Crippen molar-refractivity contribution in [3.8, 4) is 0 Å². The van der Waals surface area contributed by atoms with Crippen molar-refractivity contribution in [2.24, 2.45) is 9.98 Å². The fourth-order valence-electron chi connectivity index (χ4n) is 6.69.